The molecule has 0 saturated carbocycles. The molecule has 0 aliphatic heterocycles. The summed E-state index contributed by atoms with van der Waals surface area (Å²) in [5, 5.41) is 4.29. The van der Waals surface area contributed by atoms with Gasteiger partial charge in [0.2, 0.25) is 6.17 Å². The molecule has 0 aliphatic carbocycles. The smallest absolute Gasteiger partial charge is 0.262 e. The van der Waals surface area contributed by atoms with E-state index in [-0.39, 0.29) is 5.91 Å². The number of carbonyl (C=O) groups excluding carboxylic acids is 1. The van der Waals surface area contributed by atoms with E-state index in [1.165, 1.54) is 0 Å². The maximum atomic E-state index is 11.9. The van der Waals surface area contributed by atoms with E-state index in [1.807, 2.05) is 19.1 Å². The summed E-state index contributed by atoms with van der Waals surface area (Å²) in [5.41, 5.74) is 1.62. The highest BCUT2D eigenvalue weighted by atomic mass is 35.6. The Balaban J connectivity index is 2.75. The van der Waals surface area contributed by atoms with Crippen molar-refractivity contribution in [1.82, 2.24) is 5.32 Å². The number of alkyl halides is 3. The molecule has 17 heavy (non-hydrogen) atoms. The maximum absolute atomic E-state index is 11.9. The second-order valence-electron chi connectivity index (χ2n) is 3.69. The van der Waals surface area contributed by atoms with E-state index in [1.54, 1.807) is 24.5 Å². The van der Waals surface area contributed by atoms with Gasteiger partial charge < -0.3 is 5.32 Å². The fourth-order valence-electron chi connectivity index (χ4n) is 1.28. The first-order valence-corrected chi connectivity index (χ1v) is 6.21. The molecule has 94 valence electrons. The summed E-state index contributed by atoms with van der Waals surface area (Å²) < 4.78 is -1.55. The van der Waals surface area contributed by atoms with Crippen molar-refractivity contribution in [2.24, 2.45) is 0 Å². The number of aryl methyl sites for hydroxylation is 1. The summed E-state index contributed by atoms with van der Waals surface area (Å²) in [7, 11) is 1.72. The van der Waals surface area contributed by atoms with Crippen LogP contribution in [0.4, 0.5) is 0 Å². The third kappa shape index (κ3) is 4.36. The Labute approximate surface area is 115 Å². The molecule has 6 heteroatoms. The number of benzene rings is 1. The predicted molar refractivity (Wildman–Crippen MR) is 70.6 cm³/mol. The number of nitrogens with one attached hydrogen (secondary N) is 1. The van der Waals surface area contributed by atoms with Crippen LogP contribution in [0.3, 0.4) is 0 Å². The van der Waals surface area contributed by atoms with Crippen LogP contribution in [0, 0.1) is 6.92 Å². The number of rotatable bonds is 3. The molecule has 1 aromatic rings. The molecule has 0 radical (unpaired) electrons. The van der Waals surface area contributed by atoms with Crippen LogP contribution in [-0.4, -0.2) is 22.9 Å². The molecule has 0 bridgehead atoms. The minimum Gasteiger partial charge on any atom is -0.326 e. The monoisotopic (exact) mass is 295 g/mol. The predicted octanol–water partition coefficient (Wildman–Crippen LogP) is 1.61. The van der Waals surface area contributed by atoms with Gasteiger partial charge in [-0.05, 0) is 19.1 Å². The number of nitrogens with two attached hydrogens (primary N) is 1. The van der Waals surface area contributed by atoms with Gasteiger partial charge in [-0.2, -0.15) is 0 Å². The zero-order valence-corrected chi connectivity index (χ0v) is 11.8. The van der Waals surface area contributed by atoms with Gasteiger partial charge in [-0.3, -0.25) is 10.1 Å². The molecule has 0 fully saturated rings. The lowest BCUT2D eigenvalue weighted by Gasteiger charge is -2.21. The van der Waals surface area contributed by atoms with Crippen molar-refractivity contribution < 1.29 is 10.1 Å². The molecule has 0 heterocycles. The quantitative estimate of drug-likeness (QED) is 0.646. The Morgan fingerprint density at radius 1 is 1.29 bits per heavy atom. The lowest BCUT2D eigenvalue weighted by Crippen LogP contribution is -2.93. The summed E-state index contributed by atoms with van der Waals surface area (Å²) >= 11 is 17.2. The van der Waals surface area contributed by atoms with Crippen molar-refractivity contribution in [3.05, 3.63) is 35.4 Å². The Kier molecular flexibility index (Phi) is 5.07. The third-order valence-corrected chi connectivity index (χ3v) is 2.99. The molecular weight excluding hydrogens is 282 g/mol. The molecule has 3 nitrogen and oxygen atoms in total. The van der Waals surface area contributed by atoms with Crippen molar-refractivity contribution in [2.45, 2.75) is 16.9 Å². The summed E-state index contributed by atoms with van der Waals surface area (Å²) in [6, 6.07) is 7.18. The van der Waals surface area contributed by atoms with Gasteiger partial charge in [0, 0.05) is 5.56 Å². The van der Waals surface area contributed by atoms with Crippen molar-refractivity contribution in [2.75, 3.05) is 7.05 Å². The molecule has 1 rings (SSSR count). The van der Waals surface area contributed by atoms with Crippen molar-refractivity contribution in [3.63, 3.8) is 0 Å². The molecule has 0 unspecified atom stereocenters. The van der Waals surface area contributed by atoms with Gasteiger partial charge >= 0.3 is 0 Å². The van der Waals surface area contributed by atoms with Crippen LogP contribution in [-0.2, 0) is 0 Å². The highest BCUT2D eigenvalue weighted by Gasteiger charge is 2.36. The third-order valence-electron chi connectivity index (χ3n) is 2.29. The van der Waals surface area contributed by atoms with E-state index < -0.39 is 9.96 Å². The number of amides is 1. The fourth-order valence-corrected chi connectivity index (χ4v) is 1.83. The largest absolute Gasteiger partial charge is 0.326 e. The molecule has 0 aromatic heterocycles. The zero-order chi connectivity index (χ0) is 13.1. The van der Waals surface area contributed by atoms with Crippen LogP contribution in [0.5, 0.6) is 0 Å². The first kappa shape index (κ1) is 14.6. The minimum absolute atomic E-state index is 0.264. The van der Waals surface area contributed by atoms with Crippen molar-refractivity contribution in [3.8, 4) is 0 Å². The molecule has 0 spiro atoms. The number of halogens is 3. The molecule has 0 saturated heterocycles. The van der Waals surface area contributed by atoms with Gasteiger partial charge in [0.1, 0.15) is 0 Å². The van der Waals surface area contributed by atoms with E-state index in [0.29, 0.717) is 5.56 Å². The molecular formula is C11H14Cl3N2O+. The first-order valence-electron chi connectivity index (χ1n) is 5.08. The van der Waals surface area contributed by atoms with Gasteiger partial charge in [0.25, 0.3) is 9.70 Å². The van der Waals surface area contributed by atoms with Crippen LogP contribution >= 0.6 is 34.8 Å². The number of quaternary nitrogens is 1. The minimum atomic E-state index is -1.55. The summed E-state index contributed by atoms with van der Waals surface area (Å²) in [6.45, 7) is 1.95. The number of hydrogen-bond donors (Lipinski definition) is 2. The average molecular weight is 297 g/mol. The highest BCUT2D eigenvalue weighted by Crippen LogP contribution is 2.27. The van der Waals surface area contributed by atoms with Crippen LogP contribution < -0.4 is 10.6 Å². The average Bonchev–Trinajstić information content (AvgIpc) is 2.24. The van der Waals surface area contributed by atoms with Crippen LogP contribution in [0.15, 0.2) is 24.3 Å². The Morgan fingerprint density at radius 2 is 1.82 bits per heavy atom. The SMILES string of the molecule is C[NH2+][C@@H](NC(=O)c1ccc(C)cc1)C(Cl)(Cl)Cl. The van der Waals surface area contributed by atoms with Gasteiger partial charge in [0.15, 0.2) is 0 Å². The molecule has 3 N–H and O–H groups in total. The van der Waals surface area contributed by atoms with E-state index in [9.17, 15) is 4.79 Å². The van der Waals surface area contributed by atoms with Gasteiger partial charge in [0.05, 0.1) is 7.05 Å². The van der Waals surface area contributed by atoms with Crippen molar-refractivity contribution in [1.29, 1.82) is 0 Å². The van der Waals surface area contributed by atoms with Gasteiger partial charge in [-0.1, -0.05) is 52.5 Å². The van der Waals surface area contributed by atoms with Crippen LogP contribution in [0.2, 0.25) is 0 Å². The van der Waals surface area contributed by atoms with E-state index in [2.05, 4.69) is 5.32 Å². The second kappa shape index (κ2) is 5.91. The van der Waals surface area contributed by atoms with Gasteiger partial charge in [-0.25, -0.2) is 0 Å². The highest BCUT2D eigenvalue weighted by molar-refractivity contribution is 6.68. The lowest BCUT2D eigenvalue weighted by atomic mass is 10.1. The molecule has 1 atom stereocenters. The summed E-state index contributed by atoms with van der Waals surface area (Å²) in [6.07, 6.45) is -0.624. The second-order valence-corrected chi connectivity index (χ2v) is 6.06. The Bertz CT molecular complexity index is 387. The Hall–Kier alpha value is -0.480. The van der Waals surface area contributed by atoms with E-state index >= 15 is 0 Å². The van der Waals surface area contributed by atoms with Crippen LogP contribution in [0.1, 0.15) is 15.9 Å². The van der Waals surface area contributed by atoms with E-state index in [0.717, 1.165) is 5.56 Å². The van der Waals surface area contributed by atoms with E-state index in [4.69, 9.17) is 34.8 Å². The lowest BCUT2D eigenvalue weighted by molar-refractivity contribution is -0.666. The number of carbonyl (C=O) groups is 1. The fraction of sp³-hybridized carbons (Fsp3) is 0.364. The van der Waals surface area contributed by atoms with Crippen molar-refractivity contribution >= 4 is 40.7 Å². The number of hydrogen-bond acceptors (Lipinski definition) is 1. The topological polar surface area (TPSA) is 45.7 Å². The normalized spacial score (nSPS) is 13.2. The standard InChI is InChI=1S/C11H13Cl3N2O/c1-7-3-5-8(6-4-7)9(17)16-10(15-2)11(12,13)14/h3-6,10,15H,1-2H3,(H,16,17)/p+1/t10-/m0/s1. The Morgan fingerprint density at radius 3 is 2.24 bits per heavy atom. The van der Waals surface area contributed by atoms with Crippen LogP contribution in [0.25, 0.3) is 0 Å². The molecule has 0 aliphatic rings. The summed E-state index contributed by atoms with van der Waals surface area (Å²) in [5.74, 6) is -0.264. The summed E-state index contributed by atoms with van der Waals surface area (Å²) in [4.78, 5) is 11.9. The van der Waals surface area contributed by atoms with Gasteiger partial charge in [-0.15, -0.1) is 0 Å². The maximum Gasteiger partial charge on any atom is 0.262 e. The zero-order valence-electron chi connectivity index (χ0n) is 9.51. The molecule has 1 amide bonds. The molecule has 1 aromatic carbocycles. The first-order chi connectivity index (χ1) is 7.84.